The van der Waals surface area contributed by atoms with Crippen molar-refractivity contribution in [3.63, 3.8) is 0 Å². The van der Waals surface area contributed by atoms with Gasteiger partial charge in [-0.25, -0.2) is 4.79 Å². The number of hydrogen-bond acceptors (Lipinski definition) is 4. The highest BCUT2D eigenvalue weighted by molar-refractivity contribution is 6.30. The lowest BCUT2D eigenvalue weighted by atomic mass is 9.77. The van der Waals surface area contributed by atoms with Crippen LogP contribution in [0.25, 0.3) is 0 Å². The first kappa shape index (κ1) is 19.1. The van der Waals surface area contributed by atoms with Crippen molar-refractivity contribution in [2.45, 2.75) is 31.8 Å². The number of carbonyl (C=O) groups excluding carboxylic acids is 1. The molecule has 6 heteroatoms. The normalized spacial score (nSPS) is 18.5. The molecule has 0 aliphatic heterocycles. The molecule has 3 rings (SSSR count). The van der Waals surface area contributed by atoms with Crippen molar-refractivity contribution in [3.05, 3.63) is 86.9 Å². The standard InChI is InChI=1S/C21H20ClNO4/c1-21(16-5-3-2-4-6-16,17-9-11-18(22)12-10-17)27-20(24)15-7-13-19(14-8-15)23(25)26/h3,5,7-14,16H,2,4,6H2,1H3/t16-,21-/m1/s1. The minimum atomic E-state index is -0.861. The van der Waals surface area contributed by atoms with E-state index in [2.05, 4.69) is 12.2 Å². The molecule has 0 radical (unpaired) electrons. The fourth-order valence-electron chi connectivity index (χ4n) is 3.37. The van der Waals surface area contributed by atoms with E-state index < -0.39 is 16.5 Å². The molecule has 0 aromatic heterocycles. The lowest BCUT2D eigenvalue weighted by Gasteiger charge is -2.37. The van der Waals surface area contributed by atoms with Gasteiger partial charge in [-0.3, -0.25) is 10.1 Å². The zero-order valence-electron chi connectivity index (χ0n) is 14.9. The van der Waals surface area contributed by atoms with E-state index in [9.17, 15) is 14.9 Å². The van der Waals surface area contributed by atoms with E-state index in [0.29, 0.717) is 5.02 Å². The molecule has 0 bridgehead atoms. The van der Waals surface area contributed by atoms with E-state index in [-0.39, 0.29) is 17.2 Å². The van der Waals surface area contributed by atoms with Gasteiger partial charge in [-0.1, -0.05) is 35.9 Å². The fraction of sp³-hybridized carbons (Fsp3) is 0.286. The van der Waals surface area contributed by atoms with Gasteiger partial charge in [0, 0.05) is 23.1 Å². The van der Waals surface area contributed by atoms with Crippen LogP contribution in [0.4, 0.5) is 5.69 Å². The van der Waals surface area contributed by atoms with Gasteiger partial charge >= 0.3 is 5.97 Å². The topological polar surface area (TPSA) is 69.4 Å². The summed E-state index contributed by atoms with van der Waals surface area (Å²) in [5.41, 5.74) is 0.210. The number of nitro groups is 1. The average molecular weight is 386 g/mol. The Labute approximate surface area is 162 Å². The predicted molar refractivity (Wildman–Crippen MR) is 104 cm³/mol. The number of non-ortho nitro benzene ring substituents is 1. The summed E-state index contributed by atoms with van der Waals surface area (Å²) < 4.78 is 5.99. The number of hydrogen-bond donors (Lipinski definition) is 0. The molecule has 0 fully saturated rings. The molecule has 0 N–H and O–H groups in total. The number of allylic oxidation sites excluding steroid dienone is 1. The Kier molecular flexibility index (Phi) is 5.61. The molecule has 0 saturated carbocycles. The first-order chi connectivity index (χ1) is 12.9. The predicted octanol–water partition coefficient (Wildman–Crippen LogP) is 5.68. The number of nitrogens with zero attached hydrogens (tertiary/aromatic N) is 1. The number of benzene rings is 2. The van der Waals surface area contributed by atoms with Crippen LogP contribution < -0.4 is 0 Å². The second-order valence-electron chi connectivity index (χ2n) is 6.77. The lowest BCUT2D eigenvalue weighted by molar-refractivity contribution is -0.384. The third kappa shape index (κ3) is 4.19. The van der Waals surface area contributed by atoms with E-state index in [1.807, 2.05) is 19.1 Å². The molecule has 0 saturated heterocycles. The molecule has 5 nitrogen and oxygen atoms in total. The third-order valence-electron chi connectivity index (χ3n) is 5.00. The number of esters is 1. The molecule has 2 aromatic carbocycles. The van der Waals surface area contributed by atoms with Gasteiger partial charge in [0.25, 0.3) is 5.69 Å². The molecule has 2 atom stereocenters. The summed E-state index contributed by atoms with van der Waals surface area (Å²) in [5, 5.41) is 11.4. The second kappa shape index (κ2) is 7.92. The average Bonchev–Trinajstić information content (AvgIpc) is 2.69. The summed E-state index contributed by atoms with van der Waals surface area (Å²) >= 11 is 6.01. The quantitative estimate of drug-likeness (QED) is 0.287. The summed E-state index contributed by atoms with van der Waals surface area (Å²) in [7, 11) is 0. The first-order valence-corrected chi connectivity index (χ1v) is 9.18. The summed E-state index contributed by atoms with van der Waals surface area (Å²) in [5.74, 6) is -0.476. The van der Waals surface area contributed by atoms with E-state index >= 15 is 0 Å². The van der Waals surface area contributed by atoms with Crippen LogP contribution in [0.2, 0.25) is 5.02 Å². The fourth-order valence-corrected chi connectivity index (χ4v) is 3.50. The number of halogens is 1. The SMILES string of the molecule is C[C@](OC(=O)c1ccc([N+](=O)[O-])cc1)(c1ccc(Cl)cc1)[C@@H]1C=CCCC1. The van der Waals surface area contributed by atoms with Crippen molar-refractivity contribution in [3.8, 4) is 0 Å². The van der Waals surface area contributed by atoms with Gasteiger partial charge in [-0.2, -0.15) is 0 Å². The van der Waals surface area contributed by atoms with Gasteiger partial charge < -0.3 is 4.74 Å². The summed E-state index contributed by atoms with van der Waals surface area (Å²) in [6.07, 6.45) is 7.16. The highest BCUT2D eigenvalue weighted by Crippen LogP contribution is 2.40. The van der Waals surface area contributed by atoms with Crippen LogP contribution in [0.5, 0.6) is 0 Å². The van der Waals surface area contributed by atoms with E-state index in [4.69, 9.17) is 16.3 Å². The second-order valence-corrected chi connectivity index (χ2v) is 7.21. The number of ether oxygens (including phenoxy) is 1. The lowest BCUT2D eigenvalue weighted by Crippen LogP contribution is -2.37. The molecule has 1 aliphatic rings. The summed E-state index contributed by atoms with van der Waals surface area (Å²) in [4.78, 5) is 23.1. The third-order valence-corrected chi connectivity index (χ3v) is 5.25. The molecule has 140 valence electrons. The number of rotatable bonds is 5. The Morgan fingerprint density at radius 1 is 1.19 bits per heavy atom. The molecule has 0 unspecified atom stereocenters. The van der Waals surface area contributed by atoms with E-state index in [1.54, 1.807) is 12.1 Å². The van der Waals surface area contributed by atoms with Crippen LogP contribution in [-0.4, -0.2) is 10.9 Å². The van der Waals surface area contributed by atoms with Crippen LogP contribution in [0.15, 0.2) is 60.7 Å². The Bertz CT molecular complexity index is 861. The first-order valence-electron chi connectivity index (χ1n) is 8.80. The van der Waals surface area contributed by atoms with Crippen molar-refractivity contribution in [2.24, 2.45) is 5.92 Å². The molecule has 0 amide bonds. The highest BCUT2D eigenvalue weighted by Gasteiger charge is 2.39. The van der Waals surface area contributed by atoms with Crippen LogP contribution in [0.1, 0.15) is 42.1 Å². The van der Waals surface area contributed by atoms with Gasteiger partial charge in [0.2, 0.25) is 0 Å². The van der Waals surface area contributed by atoms with Crippen LogP contribution in [0.3, 0.4) is 0 Å². The van der Waals surface area contributed by atoms with Gasteiger partial charge in [-0.05, 0) is 56.0 Å². The summed E-state index contributed by atoms with van der Waals surface area (Å²) in [6, 6.07) is 12.7. The Hall–Kier alpha value is -2.66. The maximum absolute atomic E-state index is 12.8. The Balaban J connectivity index is 1.91. The van der Waals surface area contributed by atoms with Gasteiger partial charge in [0.05, 0.1) is 10.5 Å². The van der Waals surface area contributed by atoms with Crippen molar-refractivity contribution < 1.29 is 14.5 Å². The minimum Gasteiger partial charge on any atom is -0.450 e. The van der Waals surface area contributed by atoms with Crippen molar-refractivity contribution in [1.82, 2.24) is 0 Å². The molecular weight excluding hydrogens is 366 g/mol. The maximum Gasteiger partial charge on any atom is 0.339 e. The van der Waals surface area contributed by atoms with Gasteiger partial charge in [-0.15, -0.1) is 0 Å². The van der Waals surface area contributed by atoms with Gasteiger partial charge in [0.1, 0.15) is 5.60 Å². The Morgan fingerprint density at radius 3 is 2.41 bits per heavy atom. The smallest absolute Gasteiger partial charge is 0.339 e. The molecular formula is C21H20ClNO4. The van der Waals surface area contributed by atoms with Crippen molar-refractivity contribution >= 4 is 23.3 Å². The minimum absolute atomic E-state index is 0.0365. The molecule has 27 heavy (non-hydrogen) atoms. The monoisotopic (exact) mass is 385 g/mol. The van der Waals surface area contributed by atoms with E-state index in [1.165, 1.54) is 24.3 Å². The summed E-state index contributed by atoms with van der Waals surface area (Å²) in [6.45, 7) is 1.90. The zero-order valence-corrected chi connectivity index (χ0v) is 15.7. The largest absolute Gasteiger partial charge is 0.450 e. The van der Waals surface area contributed by atoms with Crippen LogP contribution in [-0.2, 0) is 10.3 Å². The molecule has 0 spiro atoms. The van der Waals surface area contributed by atoms with E-state index in [0.717, 1.165) is 24.8 Å². The maximum atomic E-state index is 12.8. The van der Waals surface area contributed by atoms with Crippen molar-refractivity contribution in [2.75, 3.05) is 0 Å². The molecule has 2 aromatic rings. The molecule has 1 aliphatic carbocycles. The Morgan fingerprint density at radius 2 is 1.85 bits per heavy atom. The highest BCUT2D eigenvalue weighted by atomic mass is 35.5. The number of nitro benzene ring substituents is 1. The van der Waals surface area contributed by atoms with Crippen LogP contribution >= 0.6 is 11.6 Å². The number of carbonyl (C=O) groups is 1. The van der Waals surface area contributed by atoms with Gasteiger partial charge in [0.15, 0.2) is 0 Å². The van der Waals surface area contributed by atoms with Crippen LogP contribution in [0, 0.1) is 16.0 Å². The molecule has 0 heterocycles. The van der Waals surface area contributed by atoms with Crippen molar-refractivity contribution in [1.29, 1.82) is 0 Å². The zero-order chi connectivity index (χ0) is 19.4.